The lowest BCUT2D eigenvalue weighted by Gasteiger charge is -2.07. The summed E-state index contributed by atoms with van der Waals surface area (Å²) in [5, 5.41) is 10.7. The standard InChI is InChI=1S/C13H12ClNO2/c14-10-2-1-3-11-9(10)6-12(13(16)17)15(11)7-8-4-5-8/h1-3,6,8H,4-5,7H2,(H,16,17). The van der Waals surface area contributed by atoms with Gasteiger partial charge in [0.25, 0.3) is 0 Å². The second kappa shape index (κ2) is 3.77. The summed E-state index contributed by atoms with van der Waals surface area (Å²) in [5.74, 6) is -0.263. The second-order valence-corrected chi connectivity index (χ2v) is 4.97. The van der Waals surface area contributed by atoms with Crippen molar-refractivity contribution in [2.75, 3.05) is 0 Å². The Morgan fingerprint density at radius 2 is 2.24 bits per heavy atom. The second-order valence-electron chi connectivity index (χ2n) is 4.56. The van der Waals surface area contributed by atoms with Crippen LogP contribution in [0, 0.1) is 5.92 Å². The van der Waals surface area contributed by atoms with E-state index in [0.29, 0.717) is 16.6 Å². The number of aromatic carboxylic acids is 1. The minimum absolute atomic E-state index is 0.333. The lowest BCUT2D eigenvalue weighted by atomic mass is 10.2. The zero-order chi connectivity index (χ0) is 12.0. The number of aromatic nitrogens is 1. The maximum absolute atomic E-state index is 11.2. The number of nitrogens with zero attached hydrogens (tertiary/aromatic N) is 1. The fourth-order valence-electron chi connectivity index (χ4n) is 2.18. The Hall–Kier alpha value is -1.48. The molecule has 88 valence electrons. The highest BCUT2D eigenvalue weighted by molar-refractivity contribution is 6.35. The van der Waals surface area contributed by atoms with E-state index in [1.54, 1.807) is 12.1 Å². The first-order valence-corrected chi connectivity index (χ1v) is 6.05. The van der Waals surface area contributed by atoms with Gasteiger partial charge < -0.3 is 9.67 Å². The molecular weight excluding hydrogens is 238 g/mol. The summed E-state index contributed by atoms with van der Waals surface area (Å²) >= 11 is 6.09. The van der Waals surface area contributed by atoms with E-state index in [4.69, 9.17) is 11.6 Å². The van der Waals surface area contributed by atoms with Crippen LogP contribution in [0.25, 0.3) is 10.9 Å². The molecule has 3 nitrogen and oxygen atoms in total. The fraction of sp³-hybridized carbons (Fsp3) is 0.308. The molecule has 0 amide bonds. The number of carboxylic acids is 1. The topological polar surface area (TPSA) is 42.2 Å². The molecule has 1 fully saturated rings. The van der Waals surface area contributed by atoms with Crippen molar-refractivity contribution in [3.05, 3.63) is 35.0 Å². The van der Waals surface area contributed by atoms with Gasteiger partial charge in [-0.25, -0.2) is 4.79 Å². The Morgan fingerprint density at radius 3 is 2.88 bits per heavy atom. The van der Waals surface area contributed by atoms with Crippen LogP contribution in [0.4, 0.5) is 0 Å². The predicted molar refractivity (Wildman–Crippen MR) is 66.6 cm³/mol. The molecule has 0 atom stereocenters. The summed E-state index contributed by atoms with van der Waals surface area (Å²) in [4.78, 5) is 11.2. The third-order valence-corrected chi connectivity index (χ3v) is 3.58. The van der Waals surface area contributed by atoms with Gasteiger partial charge in [-0.05, 0) is 37.0 Å². The molecule has 17 heavy (non-hydrogen) atoms. The molecule has 0 radical (unpaired) electrons. The first-order valence-electron chi connectivity index (χ1n) is 5.68. The van der Waals surface area contributed by atoms with E-state index in [2.05, 4.69) is 0 Å². The van der Waals surface area contributed by atoms with E-state index >= 15 is 0 Å². The summed E-state index contributed by atoms with van der Waals surface area (Å²) in [6, 6.07) is 7.25. The van der Waals surface area contributed by atoms with Crippen molar-refractivity contribution in [3.63, 3.8) is 0 Å². The van der Waals surface area contributed by atoms with Crippen LogP contribution in [0.3, 0.4) is 0 Å². The SMILES string of the molecule is O=C(O)c1cc2c(Cl)cccc2n1CC1CC1. The molecular formula is C13H12ClNO2. The van der Waals surface area contributed by atoms with Gasteiger partial charge in [-0.2, -0.15) is 0 Å². The molecule has 1 aromatic carbocycles. The third kappa shape index (κ3) is 1.80. The van der Waals surface area contributed by atoms with Crippen molar-refractivity contribution in [2.24, 2.45) is 5.92 Å². The summed E-state index contributed by atoms with van der Waals surface area (Å²) in [7, 11) is 0. The van der Waals surface area contributed by atoms with Crippen LogP contribution in [0.5, 0.6) is 0 Å². The molecule has 0 saturated heterocycles. The lowest BCUT2D eigenvalue weighted by molar-refractivity contribution is 0.0685. The van der Waals surface area contributed by atoms with Gasteiger partial charge in [0, 0.05) is 17.0 Å². The zero-order valence-corrected chi connectivity index (χ0v) is 9.94. The van der Waals surface area contributed by atoms with Crippen LogP contribution in [-0.2, 0) is 6.54 Å². The Morgan fingerprint density at radius 1 is 1.47 bits per heavy atom. The Labute approximate surface area is 104 Å². The molecule has 0 bridgehead atoms. The van der Waals surface area contributed by atoms with E-state index in [0.717, 1.165) is 17.4 Å². The highest BCUT2D eigenvalue weighted by Crippen LogP contribution is 2.34. The minimum atomic E-state index is -0.891. The van der Waals surface area contributed by atoms with Gasteiger partial charge in [0.15, 0.2) is 0 Å². The van der Waals surface area contributed by atoms with Gasteiger partial charge in [-0.1, -0.05) is 17.7 Å². The summed E-state index contributed by atoms with van der Waals surface area (Å²) in [6.45, 7) is 0.783. The summed E-state index contributed by atoms with van der Waals surface area (Å²) in [5.41, 5.74) is 1.25. The summed E-state index contributed by atoms with van der Waals surface area (Å²) < 4.78 is 1.88. The molecule has 1 N–H and O–H groups in total. The first kappa shape index (κ1) is 10.7. The number of hydrogen-bond donors (Lipinski definition) is 1. The maximum Gasteiger partial charge on any atom is 0.352 e. The number of fused-ring (bicyclic) bond motifs is 1. The fourth-order valence-corrected chi connectivity index (χ4v) is 2.40. The van der Waals surface area contributed by atoms with Crippen molar-refractivity contribution >= 4 is 28.5 Å². The molecule has 1 heterocycles. The molecule has 1 aliphatic carbocycles. The smallest absolute Gasteiger partial charge is 0.352 e. The van der Waals surface area contributed by atoms with E-state index in [9.17, 15) is 9.90 Å². The van der Waals surface area contributed by atoms with Crippen LogP contribution in [0.15, 0.2) is 24.3 Å². The van der Waals surface area contributed by atoms with E-state index in [1.165, 1.54) is 12.8 Å². The molecule has 0 aliphatic heterocycles. The number of hydrogen-bond acceptors (Lipinski definition) is 1. The summed E-state index contributed by atoms with van der Waals surface area (Å²) in [6.07, 6.45) is 2.39. The Kier molecular flexibility index (Phi) is 2.37. The number of benzene rings is 1. The lowest BCUT2D eigenvalue weighted by Crippen LogP contribution is -2.09. The highest BCUT2D eigenvalue weighted by atomic mass is 35.5. The van der Waals surface area contributed by atoms with Crippen molar-refractivity contribution in [3.8, 4) is 0 Å². The highest BCUT2D eigenvalue weighted by Gasteiger charge is 2.25. The number of carboxylic acid groups (broad SMARTS) is 1. The molecule has 1 aromatic heterocycles. The Balaban J connectivity index is 2.22. The van der Waals surface area contributed by atoms with Gasteiger partial charge in [0.2, 0.25) is 0 Å². The van der Waals surface area contributed by atoms with Crippen LogP contribution >= 0.6 is 11.6 Å². The number of carbonyl (C=O) groups is 1. The van der Waals surface area contributed by atoms with Gasteiger partial charge in [0.05, 0.1) is 5.52 Å². The average Bonchev–Trinajstić information content (AvgIpc) is 3.01. The normalized spacial score (nSPS) is 15.4. The molecule has 2 aromatic rings. The molecule has 1 saturated carbocycles. The van der Waals surface area contributed by atoms with Crippen molar-refractivity contribution < 1.29 is 9.90 Å². The van der Waals surface area contributed by atoms with Crippen molar-refractivity contribution in [1.82, 2.24) is 4.57 Å². The van der Waals surface area contributed by atoms with Gasteiger partial charge in [0.1, 0.15) is 5.69 Å². The zero-order valence-electron chi connectivity index (χ0n) is 9.19. The number of halogens is 1. The average molecular weight is 250 g/mol. The minimum Gasteiger partial charge on any atom is -0.477 e. The Bertz CT molecular complexity index is 599. The van der Waals surface area contributed by atoms with Crippen LogP contribution in [0.1, 0.15) is 23.3 Å². The maximum atomic E-state index is 11.2. The van der Waals surface area contributed by atoms with Crippen LogP contribution in [0.2, 0.25) is 5.02 Å². The molecule has 1 aliphatic rings. The van der Waals surface area contributed by atoms with Crippen LogP contribution in [-0.4, -0.2) is 15.6 Å². The van der Waals surface area contributed by atoms with Gasteiger partial charge in [-0.3, -0.25) is 0 Å². The monoisotopic (exact) mass is 249 g/mol. The van der Waals surface area contributed by atoms with Crippen LogP contribution < -0.4 is 0 Å². The van der Waals surface area contributed by atoms with E-state index in [1.807, 2.05) is 16.7 Å². The number of rotatable bonds is 3. The third-order valence-electron chi connectivity index (χ3n) is 3.25. The van der Waals surface area contributed by atoms with E-state index < -0.39 is 5.97 Å². The molecule has 0 spiro atoms. The first-order chi connectivity index (χ1) is 8.16. The van der Waals surface area contributed by atoms with Gasteiger partial charge in [-0.15, -0.1) is 0 Å². The van der Waals surface area contributed by atoms with Gasteiger partial charge >= 0.3 is 5.97 Å². The van der Waals surface area contributed by atoms with E-state index in [-0.39, 0.29) is 0 Å². The molecule has 4 heteroatoms. The molecule has 0 unspecified atom stereocenters. The quantitative estimate of drug-likeness (QED) is 0.906. The molecule has 3 rings (SSSR count). The van der Waals surface area contributed by atoms with Crippen molar-refractivity contribution in [2.45, 2.75) is 19.4 Å². The largest absolute Gasteiger partial charge is 0.477 e. The predicted octanol–water partition coefficient (Wildman–Crippen LogP) is 3.40. The van der Waals surface area contributed by atoms with Crippen molar-refractivity contribution in [1.29, 1.82) is 0 Å².